The van der Waals surface area contributed by atoms with Crippen LogP contribution in [0.5, 0.6) is 11.5 Å². The van der Waals surface area contributed by atoms with E-state index in [-0.39, 0.29) is 17.1 Å². The Labute approximate surface area is 186 Å². The van der Waals surface area contributed by atoms with Gasteiger partial charge in [0.05, 0.1) is 37.3 Å². The fourth-order valence-corrected chi connectivity index (χ4v) is 4.41. The minimum atomic E-state index is -0.612. The van der Waals surface area contributed by atoms with Crippen LogP contribution in [0.3, 0.4) is 0 Å². The van der Waals surface area contributed by atoms with Crippen LogP contribution in [-0.4, -0.2) is 44.8 Å². The van der Waals surface area contributed by atoms with E-state index in [0.717, 1.165) is 16.7 Å². The van der Waals surface area contributed by atoms with Crippen LogP contribution in [0.2, 0.25) is 0 Å². The van der Waals surface area contributed by atoms with Crippen LogP contribution in [0, 0.1) is 13.8 Å². The Bertz CT molecular complexity index is 1250. The molecule has 168 valence electrons. The van der Waals surface area contributed by atoms with E-state index in [1.165, 1.54) is 0 Å². The fourth-order valence-electron chi connectivity index (χ4n) is 4.41. The number of carbonyl (C=O) groups excluding carboxylic acids is 1. The van der Waals surface area contributed by atoms with E-state index in [1.807, 2.05) is 39.0 Å². The number of rotatable bonds is 7. The highest BCUT2D eigenvalue weighted by molar-refractivity contribution is 5.99. The van der Waals surface area contributed by atoms with Gasteiger partial charge >= 0.3 is 0 Å². The maximum absolute atomic E-state index is 13.7. The van der Waals surface area contributed by atoms with Crippen molar-refractivity contribution in [3.8, 4) is 11.5 Å². The maximum Gasteiger partial charge on any atom is 0.290 e. The van der Waals surface area contributed by atoms with Crippen molar-refractivity contribution in [2.45, 2.75) is 26.8 Å². The Kier molecular flexibility index (Phi) is 5.93. The molecule has 0 fully saturated rings. The van der Waals surface area contributed by atoms with E-state index >= 15 is 0 Å². The average Bonchev–Trinajstić information content (AvgIpc) is 3.04. The molecule has 1 atom stereocenters. The highest BCUT2D eigenvalue weighted by Gasteiger charge is 2.43. The molecule has 7 heteroatoms. The van der Waals surface area contributed by atoms with Gasteiger partial charge in [-0.3, -0.25) is 9.59 Å². The highest BCUT2D eigenvalue weighted by atomic mass is 16.5. The number of methoxy groups -OCH3 is 2. The average molecular weight is 437 g/mol. The van der Waals surface area contributed by atoms with E-state index in [9.17, 15) is 9.59 Å². The van der Waals surface area contributed by atoms with Crippen molar-refractivity contribution in [1.82, 2.24) is 4.90 Å². The molecule has 3 aromatic rings. The quantitative estimate of drug-likeness (QED) is 0.556. The Balaban J connectivity index is 1.96. The molecule has 0 bridgehead atoms. The molecular weight excluding hydrogens is 410 g/mol. The van der Waals surface area contributed by atoms with E-state index in [2.05, 4.69) is 0 Å². The molecule has 1 aromatic heterocycles. The van der Waals surface area contributed by atoms with Crippen LogP contribution < -0.4 is 14.9 Å². The van der Waals surface area contributed by atoms with Gasteiger partial charge in [-0.2, -0.15) is 0 Å². The predicted octanol–water partition coefficient (Wildman–Crippen LogP) is 4.01. The van der Waals surface area contributed by atoms with Gasteiger partial charge in [-0.25, -0.2) is 0 Å². The molecule has 4 rings (SSSR count). The maximum atomic E-state index is 13.7. The lowest BCUT2D eigenvalue weighted by atomic mass is 9.96. The summed E-state index contributed by atoms with van der Waals surface area (Å²) in [5.74, 6) is 0.895. The number of hydrogen-bond acceptors (Lipinski definition) is 6. The molecule has 1 unspecified atom stereocenters. The fraction of sp³-hybridized carbons (Fsp3) is 0.360. The van der Waals surface area contributed by atoms with Gasteiger partial charge in [0.2, 0.25) is 5.76 Å². The molecule has 0 aliphatic carbocycles. The molecule has 0 spiro atoms. The van der Waals surface area contributed by atoms with E-state index in [4.69, 9.17) is 18.6 Å². The molecule has 7 nitrogen and oxygen atoms in total. The largest absolute Gasteiger partial charge is 0.493 e. The summed E-state index contributed by atoms with van der Waals surface area (Å²) in [6, 6.07) is 8.59. The van der Waals surface area contributed by atoms with E-state index in [1.54, 1.807) is 31.3 Å². The van der Waals surface area contributed by atoms with E-state index < -0.39 is 6.04 Å². The van der Waals surface area contributed by atoms with Crippen molar-refractivity contribution >= 4 is 16.9 Å². The standard InChI is InChI=1S/C25H27NO6/c1-6-31-17-8-7-16(13-18(17)30-5)22-21-23(27)20-15(3)11-14(2)12-19(20)32-24(21)25(28)26(22)9-10-29-4/h7-8,11-13,22H,6,9-10H2,1-5H3. The van der Waals surface area contributed by atoms with Gasteiger partial charge in [0, 0.05) is 13.7 Å². The topological polar surface area (TPSA) is 78.2 Å². The normalized spacial score (nSPS) is 15.3. The first kappa shape index (κ1) is 21.9. The summed E-state index contributed by atoms with van der Waals surface area (Å²) in [7, 11) is 3.14. The molecule has 0 saturated carbocycles. The summed E-state index contributed by atoms with van der Waals surface area (Å²) in [6.45, 7) is 6.85. The number of ether oxygens (including phenoxy) is 3. The monoisotopic (exact) mass is 437 g/mol. The van der Waals surface area contributed by atoms with Crippen molar-refractivity contribution in [2.24, 2.45) is 0 Å². The van der Waals surface area contributed by atoms with Crippen LogP contribution in [-0.2, 0) is 4.74 Å². The van der Waals surface area contributed by atoms with Crippen LogP contribution >= 0.6 is 0 Å². The molecule has 0 saturated heterocycles. The van der Waals surface area contributed by atoms with Gasteiger partial charge in [0.1, 0.15) is 5.58 Å². The van der Waals surface area contributed by atoms with Gasteiger partial charge in [-0.15, -0.1) is 0 Å². The lowest BCUT2D eigenvalue weighted by Crippen LogP contribution is -2.32. The number of hydrogen-bond donors (Lipinski definition) is 0. The number of benzene rings is 2. The first-order chi connectivity index (χ1) is 15.4. The Hall–Kier alpha value is -3.32. The third-order valence-corrected chi connectivity index (χ3v) is 5.75. The zero-order chi connectivity index (χ0) is 23.0. The Morgan fingerprint density at radius 3 is 2.53 bits per heavy atom. The number of carbonyl (C=O) groups is 1. The second kappa shape index (κ2) is 8.67. The minimum absolute atomic E-state index is 0.0847. The molecule has 1 amide bonds. The van der Waals surface area contributed by atoms with Crippen LogP contribution in [0.1, 0.15) is 45.8 Å². The molecule has 0 N–H and O–H groups in total. The van der Waals surface area contributed by atoms with Crippen LogP contribution in [0.15, 0.2) is 39.5 Å². The minimum Gasteiger partial charge on any atom is -0.493 e. The lowest BCUT2D eigenvalue weighted by molar-refractivity contribution is 0.0663. The number of fused-ring (bicyclic) bond motifs is 2. The van der Waals surface area contributed by atoms with Gasteiger partial charge < -0.3 is 23.5 Å². The van der Waals surface area contributed by atoms with Crippen LogP contribution in [0.4, 0.5) is 0 Å². The lowest BCUT2D eigenvalue weighted by Gasteiger charge is -2.25. The summed E-state index contributed by atoms with van der Waals surface area (Å²) in [4.78, 5) is 28.7. The summed E-state index contributed by atoms with van der Waals surface area (Å²) < 4.78 is 22.4. The second-order valence-electron chi connectivity index (χ2n) is 7.87. The first-order valence-electron chi connectivity index (χ1n) is 10.6. The van der Waals surface area contributed by atoms with Crippen molar-refractivity contribution in [3.05, 3.63) is 68.6 Å². The molecule has 1 aliphatic heterocycles. The van der Waals surface area contributed by atoms with Gasteiger partial charge in [-0.05, 0) is 55.7 Å². The summed E-state index contributed by atoms with van der Waals surface area (Å²) >= 11 is 0. The smallest absolute Gasteiger partial charge is 0.290 e. The highest BCUT2D eigenvalue weighted by Crippen LogP contribution is 2.41. The second-order valence-corrected chi connectivity index (χ2v) is 7.87. The molecule has 32 heavy (non-hydrogen) atoms. The molecule has 0 radical (unpaired) electrons. The number of amides is 1. The zero-order valence-corrected chi connectivity index (χ0v) is 19.0. The molecular formula is C25H27NO6. The van der Waals surface area contributed by atoms with Crippen molar-refractivity contribution in [3.63, 3.8) is 0 Å². The molecule has 2 heterocycles. The Morgan fingerprint density at radius 2 is 1.84 bits per heavy atom. The third-order valence-electron chi connectivity index (χ3n) is 5.75. The number of nitrogens with zero attached hydrogens (tertiary/aromatic N) is 1. The van der Waals surface area contributed by atoms with Crippen molar-refractivity contribution in [1.29, 1.82) is 0 Å². The summed E-state index contributed by atoms with van der Waals surface area (Å²) in [6.07, 6.45) is 0. The summed E-state index contributed by atoms with van der Waals surface area (Å²) in [5, 5.41) is 0.499. The molecule has 1 aliphatic rings. The first-order valence-corrected chi connectivity index (χ1v) is 10.6. The van der Waals surface area contributed by atoms with Crippen molar-refractivity contribution in [2.75, 3.05) is 34.0 Å². The zero-order valence-electron chi connectivity index (χ0n) is 19.0. The van der Waals surface area contributed by atoms with Gasteiger partial charge in [-0.1, -0.05) is 12.1 Å². The van der Waals surface area contributed by atoms with Gasteiger partial charge in [0.25, 0.3) is 5.91 Å². The van der Waals surface area contributed by atoms with Gasteiger partial charge in [0.15, 0.2) is 16.9 Å². The predicted molar refractivity (Wildman–Crippen MR) is 121 cm³/mol. The van der Waals surface area contributed by atoms with E-state index in [0.29, 0.717) is 47.8 Å². The van der Waals surface area contributed by atoms with Crippen molar-refractivity contribution < 1.29 is 23.4 Å². The van der Waals surface area contributed by atoms with Crippen LogP contribution in [0.25, 0.3) is 11.0 Å². The SMILES string of the molecule is CCOc1ccc(C2c3c(oc4cc(C)cc(C)c4c3=O)C(=O)N2CCOC)cc1OC. The summed E-state index contributed by atoms with van der Waals surface area (Å²) in [5.41, 5.74) is 3.11. The Morgan fingerprint density at radius 1 is 1.06 bits per heavy atom. The number of aryl methyl sites for hydroxylation is 2. The molecule has 2 aromatic carbocycles. The third kappa shape index (κ3) is 3.52.